The summed E-state index contributed by atoms with van der Waals surface area (Å²) < 4.78 is 51.1. The highest BCUT2D eigenvalue weighted by atomic mass is 31.2. The largest absolute Gasteiger partial charge is 0.370 e. The Balaban J connectivity index is 2.02. The zero-order valence-corrected chi connectivity index (χ0v) is 24.2. The molecule has 0 spiro atoms. The van der Waals surface area contributed by atoms with Gasteiger partial charge in [0.15, 0.2) is 6.23 Å². The lowest BCUT2D eigenvalue weighted by molar-refractivity contribution is -0.163. The molecule has 3 rings (SSSR count). The first-order chi connectivity index (χ1) is 18.0. The van der Waals surface area contributed by atoms with Crippen molar-refractivity contribution in [1.82, 2.24) is 14.2 Å². The first-order valence-corrected chi connectivity index (χ1v) is 15.0. The number of rotatable bonds is 13. The lowest BCUT2D eigenvalue weighted by atomic mass is 9.92. The minimum absolute atomic E-state index is 0.0733. The Hall–Kier alpha value is -1.71. The van der Waals surface area contributed by atoms with E-state index in [1.807, 2.05) is 27.7 Å². The van der Waals surface area contributed by atoms with Crippen LogP contribution in [0.3, 0.4) is 0 Å². The highest BCUT2D eigenvalue weighted by molar-refractivity contribution is 7.57. The Morgan fingerprint density at radius 1 is 1.29 bits per heavy atom. The average molecular weight is 575 g/mol. The van der Waals surface area contributed by atoms with Crippen LogP contribution in [0.5, 0.6) is 0 Å². The highest BCUT2D eigenvalue weighted by Gasteiger charge is 2.54. The van der Waals surface area contributed by atoms with E-state index in [2.05, 4.69) is 15.7 Å². The number of fused-ring (bicyclic) bond motifs is 2. The summed E-state index contributed by atoms with van der Waals surface area (Å²) in [5.74, 6) is 0.958. The van der Waals surface area contributed by atoms with Crippen LogP contribution < -0.4 is 11.2 Å². The zero-order valence-electron chi connectivity index (χ0n) is 22.4. The van der Waals surface area contributed by atoms with Crippen molar-refractivity contribution in [1.29, 1.82) is 5.26 Å². The molecule has 0 aliphatic carbocycles. The van der Waals surface area contributed by atoms with E-state index in [1.54, 1.807) is 6.08 Å². The summed E-state index contributed by atoms with van der Waals surface area (Å²) in [4.78, 5) is 26.6. The van der Waals surface area contributed by atoms with E-state index >= 15 is 0 Å². The third kappa shape index (κ3) is 7.07. The molecule has 3 heterocycles. The summed E-state index contributed by atoms with van der Waals surface area (Å²) in [6.45, 7) is 8.54. The van der Waals surface area contributed by atoms with Crippen molar-refractivity contribution in [2.24, 2.45) is 5.92 Å². The van der Waals surface area contributed by atoms with Gasteiger partial charge < -0.3 is 27.6 Å². The minimum Gasteiger partial charge on any atom is -0.370 e. The molecular weight excluding hydrogens is 538 g/mol. The molecule has 1 aromatic heterocycles. The van der Waals surface area contributed by atoms with Gasteiger partial charge in [-0.25, -0.2) is 9.46 Å². The van der Waals surface area contributed by atoms with E-state index in [0.29, 0.717) is 0 Å². The van der Waals surface area contributed by atoms with Crippen LogP contribution in [-0.2, 0) is 32.1 Å². The first-order valence-electron chi connectivity index (χ1n) is 12.3. The maximum Gasteiger partial charge on any atom is 0.353 e. The number of nitriles is 1. The van der Waals surface area contributed by atoms with E-state index in [0.717, 1.165) is 0 Å². The molecule has 0 amide bonds. The van der Waals surface area contributed by atoms with E-state index < -0.39 is 51.9 Å². The minimum atomic E-state index is -3.50. The van der Waals surface area contributed by atoms with Crippen molar-refractivity contribution >= 4 is 16.1 Å². The quantitative estimate of drug-likeness (QED) is 0.273. The van der Waals surface area contributed by atoms with Crippen molar-refractivity contribution in [3.8, 4) is 6.07 Å². The van der Waals surface area contributed by atoms with Gasteiger partial charge in [-0.15, -0.1) is 0 Å². The summed E-state index contributed by atoms with van der Waals surface area (Å²) in [5.41, 5.74) is -1.22. The summed E-state index contributed by atoms with van der Waals surface area (Å²) >= 11 is 0. The van der Waals surface area contributed by atoms with Gasteiger partial charge in [0.05, 0.1) is 31.8 Å². The fraction of sp³-hybridized carbons (Fsp3) is 0.696. The van der Waals surface area contributed by atoms with Crippen LogP contribution in [0.4, 0.5) is 0 Å². The predicted octanol–water partition coefficient (Wildman–Crippen LogP) is 3.11. The van der Waals surface area contributed by atoms with E-state index in [4.69, 9.17) is 32.8 Å². The number of aromatic amines is 1. The Morgan fingerprint density at radius 3 is 2.55 bits per heavy atom. The van der Waals surface area contributed by atoms with Gasteiger partial charge in [-0.2, -0.15) is 5.26 Å². The SMILES string of the molecule is COP(=O)(/C=C/C1OC(n2ccc(=O)[nH]c2=O)[C@@H]2OC[C@H]1[C@H]2OP(OCCC#N)N(C(C)C)C(C)C)OC. The molecule has 2 aliphatic heterocycles. The second kappa shape index (κ2) is 13.6. The van der Waals surface area contributed by atoms with Crippen molar-refractivity contribution in [3.63, 3.8) is 0 Å². The topological polar surface area (TPSA) is 154 Å². The van der Waals surface area contributed by atoms with Crippen LogP contribution in [-0.4, -0.2) is 72.1 Å². The first kappa shape index (κ1) is 30.8. The second-order valence-electron chi connectivity index (χ2n) is 9.33. The summed E-state index contributed by atoms with van der Waals surface area (Å²) in [5, 5.41) is 9.04. The molecule has 15 heteroatoms. The third-order valence-electron chi connectivity index (χ3n) is 6.19. The standard InChI is InChI=1S/C23H36N4O9P2/c1-15(2)27(16(3)4)37(34-12-7-10-24)36-20-17-14-33-21(20)22(26-11-8-19(28)25-23(26)29)35-18(17)9-13-38(30,31-5)32-6/h8-9,11,13,15-18,20-22H,7,12,14H2,1-6H3,(H,25,28,29)/b13-9+/t17-,18?,20-,21-,22?,37?/m1/s1. The van der Waals surface area contributed by atoms with Crippen LogP contribution in [0.2, 0.25) is 0 Å². The molecule has 212 valence electrons. The monoisotopic (exact) mass is 574 g/mol. The second-order valence-corrected chi connectivity index (χ2v) is 12.8. The molecule has 3 unspecified atom stereocenters. The smallest absolute Gasteiger partial charge is 0.353 e. The van der Waals surface area contributed by atoms with Gasteiger partial charge in [0.25, 0.3) is 14.1 Å². The Labute approximate surface area is 223 Å². The maximum absolute atomic E-state index is 12.7. The van der Waals surface area contributed by atoms with Crippen LogP contribution in [0, 0.1) is 17.2 Å². The van der Waals surface area contributed by atoms with Crippen molar-refractivity contribution in [2.45, 2.75) is 70.7 Å². The van der Waals surface area contributed by atoms with Crippen LogP contribution in [0.1, 0.15) is 40.3 Å². The van der Waals surface area contributed by atoms with E-state index in [-0.39, 0.29) is 37.6 Å². The van der Waals surface area contributed by atoms with E-state index in [1.165, 1.54) is 36.9 Å². The number of ether oxygens (including phenoxy) is 2. The summed E-state index contributed by atoms with van der Waals surface area (Å²) in [6, 6.07) is 3.45. The number of hydrogen-bond donors (Lipinski definition) is 1. The van der Waals surface area contributed by atoms with Crippen molar-refractivity contribution in [3.05, 3.63) is 45.0 Å². The van der Waals surface area contributed by atoms with Gasteiger partial charge in [0.1, 0.15) is 12.2 Å². The van der Waals surface area contributed by atoms with Gasteiger partial charge in [-0.05, 0) is 33.8 Å². The molecule has 1 aromatic rings. The lowest BCUT2D eigenvalue weighted by Gasteiger charge is -2.43. The Kier molecular flexibility index (Phi) is 11.0. The molecule has 6 atom stereocenters. The Morgan fingerprint density at radius 2 is 1.97 bits per heavy atom. The lowest BCUT2D eigenvalue weighted by Crippen LogP contribution is -2.51. The molecule has 0 saturated carbocycles. The normalized spacial score (nSPS) is 26.5. The van der Waals surface area contributed by atoms with Gasteiger partial charge in [-0.1, -0.05) is 0 Å². The Bertz CT molecular complexity index is 1150. The van der Waals surface area contributed by atoms with Gasteiger partial charge in [-0.3, -0.25) is 18.9 Å². The molecule has 2 fully saturated rings. The third-order valence-corrected chi connectivity index (χ3v) is 9.88. The summed E-state index contributed by atoms with van der Waals surface area (Å²) in [6.07, 6.45) is 0.115. The number of hydrogen-bond acceptors (Lipinski definition) is 11. The predicted molar refractivity (Wildman–Crippen MR) is 139 cm³/mol. The van der Waals surface area contributed by atoms with Gasteiger partial charge >= 0.3 is 13.3 Å². The van der Waals surface area contributed by atoms with Crippen molar-refractivity contribution < 1.29 is 32.1 Å². The molecule has 13 nitrogen and oxygen atoms in total. The summed E-state index contributed by atoms with van der Waals surface area (Å²) in [7, 11) is -2.59. The number of nitrogens with zero attached hydrogens (tertiary/aromatic N) is 3. The molecule has 0 aromatic carbocycles. The van der Waals surface area contributed by atoms with Gasteiger partial charge in [0, 0.05) is 50.3 Å². The molecule has 2 aliphatic rings. The number of H-pyrrole nitrogens is 1. The molecule has 1 N–H and O–H groups in total. The zero-order chi connectivity index (χ0) is 28.0. The molecular formula is C23H36N4O9P2. The van der Waals surface area contributed by atoms with Crippen LogP contribution in [0.25, 0.3) is 0 Å². The van der Waals surface area contributed by atoms with Crippen molar-refractivity contribution in [2.75, 3.05) is 27.4 Å². The van der Waals surface area contributed by atoms with Crippen LogP contribution in [0.15, 0.2) is 33.7 Å². The fourth-order valence-corrected chi connectivity index (χ4v) is 7.05. The maximum atomic E-state index is 12.7. The molecule has 38 heavy (non-hydrogen) atoms. The molecule has 2 bridgehead atoms. The highest BCUT2D eigenvalue weighted by Crippen LogP contribution is 2.53. The molecule has 2 saturated heterocycles. The number of nitrogens with one attached hydrogen (secondary N) is 1. The van der Waals surface area contributed by atoms with E-state index in [9.17, 15) is 14.2 Å². The molecule has 0 radical (unpaired) electrons. The fourth-order valence-electron chi connectivity index (χ4n) is 4.48. The van der Waals surface area contributed by atoms with Gasteiger partial charge in [0.2, 0.25) is 0 Å². The van der Waals surface area contributed by atoms with Crippen LogP contribution >= 0.6 is 16.1 Å². The number of aromatic nitrogens is 2. The average Bonchev–Trinajstić information content (AvgIpc) is 3.17.